The molecule has 0 spiro atoms. The van der Waals surface area contributed by atoms with Crippen molar-refractivity contribution in [3.05, 3.63) is 35.9 Å². The number of morpholine rings is 1. The first kappa shape index (κ1) is 22.6. The number of nitrogens with zero attached hydrogens (tertiary/aromatic N) is 2. The second-order valence-electron chi connectivity index (χ2n) is 8.58. The van der Waals surface area contributed by atoms with Crippen molar-refractivity contribution >= 4 is 11.9 Å². The van der Waals surface area contributed by atoms with Gasteiger partial charge < -0.3 is 20.3 Å². The van der Waals surface area contributed by atoms with Gasteiger partial charge in [-0.05, 0) is 37.8 Å². The molecule has 0 aliphatic carbocycles. The van der Waals surface area contributed by atoms with Crippen molar-refractivity contribution in [3.8, 4) is 0 Å². The van der Waals surface area contributed by atoms with Crippen LogP contribution in [0.3, 0.4) is 0 Å². The van der Waals surface area contributed by atoms with Gasteiger partial charge in [0.25, 0.3) is 0 Å². The minimum atomic E-state index is -0.393. The van der Waals surface area contributed by atoms with Gasteiger partial charge in [-0.2, -0.15) is 0 Å². The van der Waals surface area contributed by atoms with Crippen LogP contribution in [-0.2, 0) is 9.53 Å². The summed E-state index contributed by atoms with van der Waals surface area (Å²) in [6.07, 6.45) is 2.51. The largest absolute Gasteiger partial charge is 0.378 e. The Bertz CT molecular complexity index is 678. The van der Waals surface area contributed by atoms with E-state index in [4.69, 9.17) is 4.74 Å². The van der Waals surface area contributed by atoms with Gasteiger partial charge in [0, 0.05) is 38.8 Å². The van der Waals surface area contributed by atoms with E-state index in [9.17, 15) is 9.59 Å². The van der Waals surface area contributed by atoms with E-state index in [1.54, 1.807) is 0 Å². The maximum Gasteiger partial charge on any atom is 0.314 e. The van der Waals surface area contributed by atoms with Crippen molar-refractivity contribution in [3.63, 3.8) is 0 Å². The second-order valence-corrected chi connectivity index (χ2v) is 8.58. The van der Waals surface area contributed by atoms with Crippen LogP contribution >= 0.6 is 0 Å². The van der Waals surface area contributed by atoms with Crippen LogP contribution < -0.4 is 10.6 Å². The molecule has 2 fully saturated rings. The lowest BCUT2D eigenvalue weighted by Gasteiger charge is -2.35. The Hall–Kier alpha value is -2.12. The molecule has 2 aliphatic heterocycles. The Balaban J connectivity index is 1.51. The maximum absolute atomic E-state index is 13.1. The lowest BCUT2D eigenvalue weighted by Crippen LogP contribution is -2.49. The number of benzene rings is 1. The predicted octanol–water partition coefficient (Wildman–Crippen LogP) is 2.05. The van der Waals surface area contributed by atoms with Gasteiger partial charge in [0.05, 0.1) is 19.1 Å². The highest BCUT2D eigenvalue weighted by molar-refractivity contribution is 5.85. The molecule has 2 aliphatic rings. The van der Waals surface area contributed by atoms with Gasteiger partial charge >= 0.3 is 6.03 Å². The summed E-state index contributed by atoms with van der Waals surface area (Å²) < 4.78 is 5.37. The monoisotopic (exact) mass is 416 g/mol. The number of likely N-dealkylation sites (tertiary alicyclic amines) is 1. The lowest BCUT2D eigenvalue weighted by molar-refractivity contribution is -0.136. The topological polar surface area (TPSA) is 73.9 Å². The number of amides is 3. The lowest BCUT2D eigenvalue weighted by atomic mass is 9.97. The third-order valence-corrected chi connectivity index (χ3v) is 6.16. The number of nitrogens with one attached hydrogen (secondary N) is 2. The highest BCUT2D eigenvalue weighted by atomic mass is 16.5. The Morgan fingerprint density at radius 2 is 1.80 bits per heavy atom. The second kappa shape index (κ2) is 11.3. The van der Waals surface area contributed by atoms with Crippen LogP contribution in [0.2, 0.25) is 0 Å². The summed E-state index contributed by atoms with van der Waals surface area (Å²) >= 11 is 0. The van der Waals surface area contributed by atoms with E-state index in [-0.39, 0.29) is 18.5 Å². The third-order valence-electron chi connectivity index (χ3n) is 6.16. The first-order valence-electron chi connectivity index (χ1n) is 11.2. The van der Waals surface area contributed by atoms with Crippen molar-refractivity contribution in [1.82, 2.24) is 20.4 Å². The molecule has 0 aromatic heterocycles. The third kappa shape index (κ3) is 6.44. The van der Waals surface area contributed by atoms with Gasteiger partial charge in [-0.3, -0.25) is 9.69 Å². The van der Waals surface area contributed by atoms with Gasteiger partial charge in [0.2, 0.25) is 5.91 Å². The molecule has 7 nitrogen and oxygen atoms in total. The van der Waals surface area contributed by atoms with Crippen LogP contribution in [-0.4, -0.2) is 80.3 Å². The molecule has 0 radical (unpaired) electrons. The van der Waals surface area contributed by atoms with Crippen molar-refractivity contribution in [2.45, 2.75) is 38.6 Å². The number of hydrogen-bond acceptors (Lipinski definition) is 4. The fourth-order valence-corrected chi connectivity index (χ4v) is 4.29. The highest BCUT2D eigenvalue weighted by Gasteiger charge is 2.28. The minimum Gasteiger partial charge on any atom is -0.378 e. The number of hydrogen-bond donors (Lipinski definition) is 2. The van der Waals surface area contributed by atoms with Gasteiger partial charge in [-0.1, -0.05) is 37.3 Å². The van der Waals surface area contributed by atoms with Crippen molar-refractivity contribution in [1.29, 1.82) is 0 Å². The number of urea groups is 1. The summed E-state index contributed by atoms with van der Waals surface area (Å²) in [7, 11) is 0. The normalized spacial score (nSPS) is 22.2. The molecule has 0 bridgehead atoms. The smallest absolute Gasteiger partial charge is 0.314 e. The van der Waals surface area contributed by atoms with Crippen molar-refractivity contribution in [2.24, 2.45) is 5.92 Å². The van der Waals surface area contributed by atoms with Crippen LogP contribution in [0.5, 0.6) is 0 Å². The molecule has 3 atom stereocenters. The van der Waals surface area contributed by atoms with Gasteiger partial charge in [-0.15, -0.1) is 0 Å². The molecule has 2 saturated heterocycles. The maximum atomic E-state index is 13.1. The molecule has 2 N–H and O–H groups in total. The summed E-state index contributed by atoms with van der Waals surface area (Å²) in [6.45, 7) is 9.84. The molecule has 3 rings (SSSR count). The Morgan fingerprint density at radius 1 is 1.10 bits per heavy atom. The van der Waals surface area contributed by atoms with E-state index in [1.807, 2.05) is 35.2 Å². The van der Waals surface area contributed by atoms with E-state index in [2.05, 4.69) is 29.4 Å². The standard InChI is InChI=1S/C23H36N4O3/c1-18-7-6-10-27(17-18)19(2)15-24-23(29)25-16-21(20-8-4-3-5-9-20)22(28)26-11-13-30-14-12-26/h3-5,8-9,18-19,21H,6-7,10-17H2,1-2H3,(H2,24,25,29). The Labute approximate surface area is 180 Å². The van der Waals surface area contributed by atoms with Crippen LogP contribution in [0.15, 0.2) is 30.3 Å². The van der Waals surface area contributed by atoms with E-state index in [0.717, 1.165) is 18.7 Å². The molecule has 3 unspecified atom stereocenters. The van der Waals surface area contributed by atoms with Crippen LogP contribution in [0, 0.1) is 5.92 Å². The fraction of sp³-hybridized carbons (Fsp3) is 0.652. The number of carbonyl (C=O) groups excluding carboxylic acids is 2. The first-order chi connectivity index (χ1) is 14.5. The summed E-state index contributed by atoms with van der Waals surface area (Å²) in [5, 5.41) is 5.90. The summed E-state index contributed by atoms with van der Waals surface area (Å²) in [5.74, 6) is 0.365. The predicted molar refractivity (Wildman–Crippen MR) is 117 cm³/mol. The minimum absolute atomic E-state index is 0.0421. The molecular formula is C23H36N4O3. The fourth-order valence-electron chi connectivity index (χ4n) is 4.29. The average molecular weight is 417 g/mol. The van der Waals surface area contributed by atoms with E-state index in [1.165, 1.54) is 12.8 Å². The molecule has 30 heavy (non-hydrogen) atoms. The van der Waals surface area contributed by atoms with E-state index in [0.29, 0.717) is 44.8 Å². The van der Waals surface area contributed by atoms with Crippen molar-refractivity contribution < 1.29 is 14.3 Å². The zero-order valence-electron chi connectivity index (χ0n) is 18.3. The summed E-state index contributed by atoms with van der Waals surface area (Å²) in [5.41, 5.74) is 0.921. The molecule has 1 aromatic carbocycles. The molecule has 1 aromatic rings. The van der Waals surface area contributed by atoms with E-state index >= 15 is 0 Å². The molecule has 166 valence electrons. The zero-order valence-corrected chi connectivity index (χ0v) is 18.3. The van der Waals surface area contributed by atoms with E-state index < -0.39 is 5.92 Å². The SMILES string of the molecule is CC1CCCN(C(C)CNC(=O)NCC(C(=O)N2CCOCC2)c2ccccc2)C1. The van der Waals surface area contributed by atoms with Crippen LogP contribution in [0.25, 0.3) is 0 Å². The molecule has 0 saturated carbocycles. The Kier molecular flexibility index (Phi) is 8.51. The molecular weight excluding hydrogens is 380 g/mol. The average Bonchev–Trinajstić information content (AvgIpc) is 2.78. The highest BCUT2D eigenvalue weighted by Crippen LogP contribution is 2.19. The van der Waals surface area contributed by atoms with Gasteiger partial charge in [-0.25, -0.2) is 4.79 Å². The quantitative estimate of drug-likeness (QED) is 0.714. The Morgan fingerprint density at radius 3 is 2.50 bits per heavy atom. The first-order valence-corrected chi connectivity index (χ1v) is 11.2. The number of ether oxygens (including phenoxy) is 1. The van der Waals surface area contributed by atoms with Crippen molar-refractivity contribution in [2.75, 3.05) is 52.5 Å². The van der Waals surface area contributed by atoms with Crippen LogP contribution in [0.4, 0.5) is 4.79 Å². The van der Waals surface area contributed by atoms with Gasteiger partial charge in [0.1, 0.15) is 0 Å². The van der Waals surface area contributed by atoms with Crippen LogP contribution in [0.1, 0.15) is 38.2 Å². The number of piperidine rings is 1. The molecule has 7 heteroatoms. The zero-order chi connectivity index (χ0) is 21.3. The summed E-state index contributed by atoms with van der Waals surface area (Å²) in [6, 6.07) is 9.76. The molecule has 2 heterocycles. The summed E-state index contributed by atoms with van der Waals surface area (Å²) in [4.78, 5) is 29.8. The molecule has 3 amide bonds. The number of rotatable bonds is 7. The van der Waals surface area contributed by atoms with Gasteiger partial charge in [0.15, 0.2) is 0 Å². The number of carbonyl (C=O) groups is 2.